The van der Waals surface area contributed by atoms with Crippen LogP contribution in [-0.2, 0) is 6.54 Å². The van der Waals surface area contributed by atoms with Crippen LogP contribution in [0.5, 0.6) is 0 Å². The quantitative estimate of drug-likeness (QED) is 0.872. The van der Waals surface area contributed by atoms with Crippen LogP contribution in [0.4, 0.5) is 0 Å². The van der Waals surface area contributed by atoms with E-state index < -0.39 is 0 Å². The van der Waals surface area contributed by atoms with E-state index in [2.05, 4.69) is 31.0 Å². The van der Waals surface area contributed by atoms with Crippen molar-refractivity contribution in [3.05, 3.63) is 34.7 Å². The van der Waals surface area contributed by atoms with Crippen molar-refractivity contribution in [2.45, 2.75) is 58.2 Å². The molecule has 1 aromatic rings. The van der Waals surface area contributed by atoms with Crippen LogP contribution in [-0.4, -0.2) is 40.7 Å². The molecule has 1 aliphatic rings. The molecule has 0 radical (unpaired) electrons. The summed E-state index contributed by atoms with van der Waals surface area (Å²) in [5.41, 5.74) is 0.336. The minimum atomic E-state index is 0.0956. The Bertz CT molecular complexity index is 493. The molecule has 0 aromatic carbocycles. The molecule has 4 heteroatoms. The summed E-state index contributed by atoms with van der Waals surface area (Å²) in [4.78, 5) is 14.5. The molecule has 1 fully saturated rings. The van der Waals surface area contributed by atoms with Gasteiger partial charge >= 0.3 is 0 Å². The van der Waals surface area contributed by atoms with Crippen molar-refractivity contribution < 1.29 is 0 Å². The topological polar surface area (TPSA) is 37.3 Å². The van der Waals surface area contributed by atoms with Gasteiger partial charge in [0.2, 0.25) is 0 Å². The summed E-state index contributed by atoms with van der Waals surface area (Å²) in [6.45, 7) is 10.7. The smallest absolute Gasteiger partial charge is 0.250 e. The molecule has 118 valence electrons. The highest BCUT2D eigenvalue weighted by Gasteiger charge is 2.37. The third-order valence-electron chi connectivity index (χ3n) is 5.15. The van der Waals surface area contributed by atoms with Crippen LogP contribution in [0, 0.1) is 0 Å². The molecule has 0 spiro atoms. The fraction of sp³-hybridized carbons (Fsp3) is 0.706. The number of hydrogen-bond donors (Lipinski definition) is 1. The molecule has 1 unspecified atom stereocenters. The molecule has 2 heterocycles. The van der Waals surface area contributed by atoms with Crippen LogP contribution >= 0.6 is 0 Å². The van der Waals surface area contributed by atoms with E-state index in [1.54, 1.807) is 12.1 Å². The number of hydrogen-bond acceptors (Lipinski definition) is 3. The summed E-state index contributed by atoms with van der Waals surface area (Å²) < 4.78 is 1.82. The van der Waals surface area contributed by atoms with Crippen LogP contribution in [0.3, 0.4) is 0 Å². The van der Waals surface area contributed by atoms with E-state index in [9.17, 15) is 4.79 Å². The maximum Gasteiger partial charge on any atom is 0.250 e. The van der Waals surface area contributed by atoms with E-state index in [0.717, 1.165) is 45.4 Å². The number of piperazine rings is 1. The van der Waals surface area contributed by atoms with Crippen molar-refractivity contribution in [2.75, 3.05) is 19.6 Å². The van der Waals surface area contributed by atoms with E-state index in [1.165, 1.54) is 0 Å². The van der Waals surface area contributed by atoms with Gasteiger partial charge < -0.3 is 9.88 Å². The van der Waals surface area contributed by atoms with E-state index in [0.29, 0.717) is 6.04 Å². The van der Waals surface area contributed by atoms with Gasteiger partial charge in [0, 0.05) is 50.0 Å². The Morgan fingerprint density at radius 2 is 2.00 bits per heavy atom. The predicted octanol–water partition coefficient (Wildman–Crippen LogP) is 2.09. The molecule has 1 N–H and O–H groups in total. The van der Waals surface area contributed by atoms with Gasteiger partial charge in [-0.25, -0.2) is 0 Å². The van der Waals surface area contributed by atoms with E-state index in [-0.39, 0.29) is 11.1 Å². The highest BCUT2D eigenvalue weighted by atomic mass is 16.1. The molecule has 4 nitrogen and oxygen atoms in total. The third-order valence-corrected chi connectivity index (χ3v) is 5.15. The fourth-order valence-corrected chi connectivity index (χ4v) is 3.39. The van der Waals surface area contributed by atoms with Crippen LogP contribution in [0.1, 0.15) is 40.0 Å². The predicted molar refractivity (Wildman–Crippen MR) is 87.7 cm³/mol. The van der Waals surface area contributed by atoms with Crippen molar-refractivity contribution in [1.29, 1.82) is 0 Å². The first-order chi connectivity index (χ1) is 10.1. The molecule has 0 saturated carbocycles. The molecule has 21 heavy (non-hydrogen) atoms. The second-order valence-corrected chi connectivity index (χ2v) is 6.10. The monoisotopic (exact) mass is 291 g/mol. The molecule has 1 aliphatic heterocycles. The minimum absolute atomic E-state index is 0.0956. The van der Waals surface area contributed by atoms with Crippen molar-refractivity contribution in [1.82, 2.24) is 14.8 Å². The number of pyridine rings is 1. The van der Waals surface area contributed by atoms with Crippen LogP contribution in [0.25, 0.3) is 0 Å². The highest BCUT2D eigenvalue weighted by Crippen LogP contribution is 2.27. The number of aromatic nitrogens is 1. The molecular weight excluding hydrogens is 262 g/mol. The standard InChI is InChI=1S/C17H29N3O/c1-4-15-13-20(17(5-2,6-3)14-18-15)12-11-19-10-8-7-9-16(19)21/h7-10,15,18H,4-6,11-14H2,1-3H3. The Balaban J connectivity index is 2.09. The van der Waals surface area contributed by atoms with Gasteiger partial charge in [0.25, 0.3) is 5.56 Å². The van der Waals surface area contributed by atoms with Crippen molar-refractivity contribution in [3.63, 3.8) is 0 Å². The Labute approximate surface area is 128 Å². The summed E-state index contributed by atoms with van der Waals surface area (Å²) in [5.74, 6) is 0. The maximum atomic E-state index is 11.8. The van der Waals surface area contributed by atoms with Gasteiger partial charge in [-0.1, -0.05) is 26.8 Å². The second kappa shape index (κ2) is 7.23. The Kier molecular flexibility index (Phi) is 5.59. The Morgan fingerprint density at radius 1 is 1.24 bits per heavy atom. The molecular formula is C17H29N3O. The van der Waals surface area contributed by atoms with Gasteiger partial charge in [-0.3, -0.25) is 9.69 Å². The van der Waals surface area contributed by atoms with Crippen LogP contribution < -0.4 is 10.9 Å². The summed E-state index contributed by atoms with van der Waals surface area (Å²) >= 11 is 0. The first kappa shape index (κ1) is 16.2. The average Bonchev–Trinajstić information content (AvgIpc) is 2.54. The average molecular weight is 291 g/mol. The third kappa shape index (κ3) is 3.55. The van der Waals surface area contributed by atoms with Gasteiger partial charge in [0.15, 0.2) is 0 Å². The van der Waals surface area contributed by atoms with E-state index in [4.69, 9.17) is 0 Å². The van der Waals surface area contributed by atoms with Gasteiger partial charge in [-0.15, -0.1) is 0 Å². The fourth-order valence-electron chi connectivity index (χ4n) is 3.39. The van der Waals surface area contributed by atoms with E-state index in [1.807, 2.05) is 16.8 Å². The summed E-state index contributed by atoms with van der Waals surface area (Å²) in [6, 6.07) is 5.95. The summed E-state index contributed by atoms with van der Waals surface area (Å²) in [7, 11) is 0. The van der Waals surface area contributed by atoms with Gasteiger partial charge in [0.1, 0.15) is 0 Å². The highest BCUT2D eigenvalue weighted by molar-refractivity contribution is 4.98. The van der Waals surface area contributed by atoms with Crippen LogP contribution in [0.15, 0.2) is 29.2 Å². The Hall–Kier alpha value is -1.13. The summed E-state index contributed by atoms with van der Waals surface area (Å²) in [5, 5.41) is 3.69. The van der Waals surface area contributed by atoms with Gasteiger partial charge in [-0.05, 0) is 25.3 Å². The van der Waals surface area contributed by atoms with Gasteiger partial charge in [-0.2, -0.15) is 0 Å². The molecule has 0 bridgehead atoms. The lowest BCUT2D eigenvalue weighted by atomic mass is 9.87. The number of nitrogens with one attached hydrogen (secondary N) is 1. The first-order valence-corrected chi connectivity index (χ1v) is 8.29. The van der Waals surface area contributed by atoms with Crippen molar-refractivity contribution in [3.8, 4) is 0 Å². The number of nitrogens with zero attached hydrogens (tertiary/aromatic N) is 2. The molecule has 1 saturated heterocycles. The zero-order valence-corrected chi connectivity index (χ0v) is 13.6. The SMILES string of the molecule is CCC1CN(CCn2ccccc2=O)C(CC)(CC)CN1. The van der Waals surface area contributed by atoms with E-state index >= 15 is 0 Å². The lowest BCUT2D eigenvalue weighted by Crippen LogP contribution is -2.64. The lowest BCUT2D eigenvalue weighted by molar-refractivity contribution is 0.0279. The Morgan fingerprint density at radius 3 is 2.62 bits per heavy atom. The maximum absolute atomic E-state index is 11.8. The molecule has 0 aliphatic carbocycles. The molecule has 1 aromatic heterocycles. The molecule has 1 atom stereocenters. The van der Waals surface area contributed by atoms with Crippen molar-refractivity contribution >= 4 is 0 Å². The number of rotatable bonds is 6. The largest absolute Gasteiger partial charge is 0.314 e. The minimum Gasteiger partial charge on any atom is -0.314 e. The van der Waals surface area contributed by atoms with Crippen LogP contribution in [0.2, 0.25) is 0 Å². The van der Waals surface area contributed by atoms with Crippen molar-refractivity contribution in [2.24, 2.45) is 0 Å². The van der Waals surface area contributed by atoms with Gasteiger partial charge in [0.05, 0.1) is 0 Å². The molecule has 0 amide bonds. The normalized spacial score (nSPS) is 22.3. The molecule has 2 rings (SSSR count). The summed E-state index contributed by atoms with van der Waals surface area (Å²) in [6.07, 6.45) is 5.35. The zero-order valence-electron chi connectivity index (χ0n) is 13.6. The second-order valence-electron chi connectivity index (χ2n) is 6.10. The first-order valence-electron chi connectivity index (χ1n) is 8.29. The zero-order chi connectivity index (χ0) is 15.3. The lowest BCUT2D eigenvalue weighted by Gasteiger charge is -2.49.